The molecule has 0 spiro atoms. The molecule has 0 aromatic rings. The van der Waals surface area contributed by atoms with E-state index in [0.717, 1.165) is 31.8 Å². The van der Waals surface area contributed by atoms with Gasteiger partial charge in [-0.15, -0.1) is 0 Å². The Balaban J connectivity index is 2.33. The van der Waals surface area contributed by atoms with E-state index in [0.29, 0.717) is 0 Å². The average Bonchev–Trinajstić information content (AvgIpc) is 2.58. The van der Waals surface area contributed by atoms with E-state index in [4.69, 9.17) is 10.6 Å². The standard InChI is InChI=1S/C9H19N3O/c1-12(2)6-5-8(11-10)9-4-3-7-13-9/h4,8,11H,3,5-7,10H2,1-2H3. The Labute approximate surface area is 79.7 Å². The van der Waals surface area contributed by atoms with Crippen LogP contribution in [0.4, 0.5) is 0 Å². The molecule has 0 aromatic carbocycles. The van der Waals surface area contributed by atoms with Gasteiger partial charge >= 0.3 is 0 Å². The monoisotopic (exact) mass is 185 g/mol. The fourth-order valence-corrected chi connectivity index (χ4v) is 1.37. The van der Waals surface area contributed by atoms with E-state index in [9.17, 15) is 0 Å². The SMILES string of the molecule is CN(C)CCC(NN)C1=CCCO1. The molecule has 1 heterocycles. The smallest absolute Gasteiger partial charge is 0.110 e. The number of nitrogens with one attached hydrogen (secondary N) is 1. The molecule has 1 rings (SSSR count). The molecule has 13 heavy (non-hydrogen) atoms. The maximum atomic E-state index is 5.45. The van der Waals surface area contributed by atoms with Gasteiger partial charge < -0.3 is 9.64 Å². The fourth-order valence-electron chi connectivity index (χ4n) is 1.37. The van der Waals surface area contributed by atoms with Gasteiger partial charge in [0.05, 0.1) is 12.6 Å². The molecule has 0 bridgehead atoms. The predicted octanol–water partition coefficient (Wildman–Crippen LogP) is 0.0742. The van der Waals surface area contributed by atoms with Crippen LogP contribution < -0.4 is 11.3 Å². The molecule has 4 heteroatoms. The first-order valence-electron chi connectivity index (χ1n) is 4.67. The second-order valence-electron chi connectivity index (χ2n) is 3.55. The van der Waals surface area contributed by atoms with E-state index < -0.39 is 0 Å². The zero-order valence-corrected chi connectivity index (χ0v) is 8.42. The second-order valence-corrected chi connectivity index (χ2v) is 3.55. The van der Waals surface area contributed by atoms with Gasteiger partial charge in [-0.25, -0.2) is 5.43 Å². The van der Waals surface area contributed by atoms with Crippen LogP contribution in [0.5, 0.6) is 0 Å². The van der Waals surface area contributed by atoms with Crippen molar-refractivity contribution >= 4 is 0 Å². The Morgan fingerprint density at radius 1 is 1.69 bits per heavy atom. The molecule has 0 amide bonds. The molecule has 0 aromatic heterocycles. The summed E-state index contributed by atoms with van der Waals surface area (Å²) in [5.41, 5.74) is 2.78. The maximum absolute atomic E-state index is 5.45. The molecule has 1 aliphatic rings. The normalized spacial score (nSPS) is 18.6. The number of hydrazine groups is 1. The zero-order chi connectivity index (χ0) is 9.68. The van der Waals surface area contributed by atoms with Crippen molar-refractivity contribution in [3.63, 3.8) is 0 Å². The summed E-state index contributed by atoms with van der Waals surface area (Å²) >= 11 is 0. The van der Waals surface area contributed by atoms with Crippen LogP contribution in [-0.4, -0.2) is 38.2 Å². The minimum atomic E-state index is 0.171. The lowest BCUT2D eigenvalue weighted by Crippen LogP contribution is -2.38. The third kappa shape index (κ3) is 3.34. The van der Waals surface area contributed by atoms with Crippen LogP contribution in [0.15, 0.2) is 11.8 Å². The fraction of sp³-hybridized carbons (Fsp3) is 0.778. The highest BCUT2D eigenvalue weighted by molar-refractivity contribution is 5.06. The highest BCUT2D eigenvalue weighted by Gasteiger charge is 2.16. The van der Waals surface area contributed by atoms with Crippen LogP contribution in [0.25, 0.3) is 0 Å². The third-order valence-corrected chi connectivity index (χ3v) is 2.14. The van der Waals surface area contributed by atoms with Crippen LogP contribution in [-0.2, 0) is 4.74 Å². The summed E-state index contributed by atoms with van der Waals surface area (Å²) in [7, 11) is 4.11. The maximum Gasteiger partial charge on any atom is 0.110 e. The number of rotatable bonds is 5. The van der Waals surface area contributed by atoms with Crippen molar-refractivity contribution in [1.29, 1.82) is 0 Å². The van der Waals surface area contributed by atoms with Gasteiger partial charge in [0, 0.05) is 6.42 Å². The van der Waals surface area contributed by atoms with E-state index in [-0.39, 0.29) is 6.04 Å². The Kier molecular flexibility index (Phi) is 4.21. The molecule has 4 nitrogen and oxygen atoms in total. The molecular formula is C9H19N3O. The van der Waals surface area contributed by atoms with Crippen LogP contribution in [0, 0.1) is 0 Å². The Bertz CT molecular complexity index is 180. The van der Waals surface area contributed by atoms with Crippen LogP contribution >= 0.6 is 0 Å². The summed E-state index contributed by atoms with van der Waals surface area (Å²) in [5, 5.41) is 0. The highest BCUT2D eigenvalue weighted by Crippen LogP contribution is 2.15. The summed E-state index contributed by atoms with van der Waals surface area (Å²) < 4.78 is 5.44. The first kappa shape index (κ1) is 10.5. The molecule has 1 unspecified atom stereocenters. The molecule has 3 N–H and O–H groups in total. The molecule has 0 saturated heterocycles. The predicted molar refractivity (Wildman–Crippen MR) is 52.9 cm³/mol. The van der Waals surface area contributed by atoms with E-state index in [1.165, 1.54) is 0 Å². The van der Waals surface area contributed by atoms with Gasteiger partial charge in [-0.2, -0.15) is 0 Å². The summed E-state index contributed by atoms with van der Waals surface area (Å²) in [6, 6.07) is 0.171. The molecule has 0 fully saturated rings. The van der Waals surface area contributed by atoms with Crippen LogP contribution in [0.1, 0.15) is 12.8 Å². The molecule has 1 aliphatic heterocycles. The number of nitrogens with two attached hydrogens (primary N) is 1. The van der Waals surface area contributed by atoms with Crippen LogP contribution in [0.3, 0.4) is 0 Å². The lowest BCUT2D eigenvalue weighted by atomic mass is 10.1. The number of hydrogen-bond donors (Lipinski definition) is 2. The lowest BCUT2D eigenvalue weighted by molar-refractivity contribution is 0.207. The molecule has 0 saturated carbocycles. The van der Waals surface area contributed by atoms with Crippen molar-refractivity contribution in [2.75, 3.05) is 27.2 Å². The molecule has 0 aliphatic carbocycles. The molecule has 76 valence electrons. The number of ether oxygens (including phenoxy) is 1. The quantitative estimate of drug-likeness (QED) is 0.470. The van der Waals surface area contributed by atoms with E-state index in [1.54, 1.807) is 0 Å². The van der Waals surface area contributed by atoms with E-state index in [1.807, 2.05) is 0 Å². The topological polar surface area (TPSA) is 50.5 Å². The average molecular weight is 185 g/mol. The Morgan fingerprint density at radius 3 is 2.92 bits per heavy atom. The summed E-state index contributed by atoms with van der Waals surface area (Å²) in [6.07, 6.45) is 4.10. The van der Waals surface area contributed by atoms with Crippen molar-refractivity contribution in [2.45, 2.75) is 18.9 Å². The second kappa shape index (κ2) is 5.21. The minimum absolute atomic E-state index is 0.171. The first-order valence-corrected chi connectivity index (χ1v) is 4.67. The summed E-state index contributed by atoms with van der Waals surface area (Å²) in [6.45, 7) is 1.81. The van der Waals surface area contributed by atoms with Gasteiger partial charge in [0.25, 0.3) is 0 Å². The Hall–Kier alpha value is -0.580. The molecule has 0 radical (unpaired) electrons. The lowest BCUT2D eigenvalue weighted by Gasteiger charge is -2.19. The van der Waals surface area contributed by atoms with Crippen molar-refractivity contribution in [3.8, 4) is 0 Å². The van der Waals surface area contributed by atoms with Gasteiger partial charge in [-0.05, 0) is 33.1 Å². The number of nitrogens with zero attached hydrogens (tertiary/aromatic N) is 1. The number of hydrogen-bond acceptors (Lipinski definition) is 4. The Morgan fingerprint density at radius 2 is 2.46 bits per heavy atom. The third-order valence-electron chi connectivity index (χ3n) is 2.14. The van der Waals surface area contributed by atoms with Crippen LogP contribution in [0.2, 0.25) is 0 Å². The highest BCUT2D eigenvalue weighted by atomic mass is 16.5. The van der Waals surface area contributed by atoms with Crippen molar-refractivity contribution < 1.29 is 4.74 Å². The van der Waals surface area contributed by atoms with Crippen molar-refractivity contribution in [2.24, 2.45) is 5.84 Å². The molecule has 1 atom stereocenters. The van der Waals surface area contributed by atoms with Gasteiger partial charge in [0.2, 0.25) is 0 Å². The van der Waals surface area contributed by atoms with E-state index in [2.05, 4.69) is 30.5 Å². The summed E-state index contributed by atoms with van der Waals surface area (Å²) in [4.78, 5) is 2.14. The largest absolute Gasteiger partial charge is 0.496 e. The summed E-state index contributed by atoms with van der Waals surface area (Å²) in [5.74, 6) is 6.45. The minimum Gasteiger partial charge on any atom is -0.496 e. The van der Waals surface area contributed by atoms with Crippen molar-refractivity contribution in [1.82, 2.24) is 10.3 Å². The van der Waals surface area contributed by atoms with Gasteiger partial charge in [0.15, 0.2) is 0 Å². The van der Waals surface area contributed by atoms with Gasteiger partial charge in [0.1, 0.15) is 5.76 Å². The van der Waals surface area contributed by atoms with Gasteiger partial charge in [-0.3, -0.25) is 5.84 Å². The zero-order valence-electron chi connectivity index (χ0n) is 8.42. The van der Waals surface area contributed by atoms with E-state index >= 15 is 0 Å². The molecular weight excluding hydrogens is 166 g/mol. The van der Waals surface area contributed by atoms with Gasteiger partial charge in [-0.1, -0.05) is 0 Å². The first-order chi connectivity index (χ1) is 6.24. The van der Waals surface area contributed by atoms with Crippen molar-refractivity contribution in [3.05, 3.63) is 11.8 Å².